The molecule has 0 aliphatic heterocycles. The number of aromatic nitrogens is 2. The third kappa shape index (κ3) is 5.08. The Labute approximate surface area is 139 Å². The van der Waals surface area contributed by atoms with Crippen LogP contribution in [-0.4, -0.2) is 36.2 Å². The number of hydrogen-bond donors (Lipinski definition) is 3. The lowest BCUT2D eigenvalue weighted by molar-refractivity contribution is 0.238. The number of anilines is 1. The third-order valence-corrected chi connectivity index (χ3v) is 3.27. The van der Waals surface area contributed by atoms with Gasteiger partial charge in [-0.1, -0.05) is 0 Å². The molecule has 24 heavy (non-hydrogen) atoms. The Morgan fingerprint density at radius 2 is 2.04 bits per heavy atom. The fraction of sp³-hybridized carbons (Fsp3) is 0.312. The van der Waals surface area contributed by atoms with Crippen molar-refractivity contribution in [3.63, 3.8) is 0 Å². The fourth-order valence-corrected chi connectivity index (χ4v) is 2.11. The first-order chi connectivity index (χ1) is 11.6. The number of methoxy groups -OCH3 is 1. The van der Waals surface area contributed by atoms with Crippen molar-refractivity contribution in [2.24, 2.45) is 0 Å². The van der Waals surface area contributed by atoms with Crippen LogP contribution in [0.25, 0.3) is 0 Å². The van der Waals surface area contributed by atoms with Crippen molar-refractivity contribution >= 4 is 12.0 Å². The van der Waals surface area contributed by atoms with Crippen LogP contribution < -0.4 is 20.7 Å². The molecule has 2 amide bonds. The first-order valence-corrected chi connectivity index (χ1v) is 7.49. The lowest BCUT2D eigenvalue weighted by Crippen LogP contribution is -2.39. The van der Waals surface area contributed by atoms with Crippen LogP contribution in [0.15, 0.2) is 36.7 Å². The van der Waals surface area contributed by atoms with E-state index < -0.39 is 6.04 Å². The maximum absolute atomic E-state index is 13.4. The van der Waals surface area contributed by atoms with Gasteiger partial charge in [-0.15, -0.1) is 0 Å². The van der Waals surface area contributed by atoms with Crippen molar-refractivity contribution < 1.29 is 13.9 Å². The van der Waals surface area contributed by atoms with Crippen molar-refractivity contribution in [2.75, 3.05) is 25.5 Å². The number of carbonyl (C=O) groups is 1. The highest BCUT2D eigenvalue weighted by Crippen LogP contribution is 2.25. The van der Waals surface area contributed by atoms with Gasteiger partial charge in [-0.05, 0) is 31.2 Å². The number of nitrogens with zero attached hydrogens (tertiary/aromatic N) is 2. The van der Waals surface area contributed by atoms with E-state index in [1.54, 1.807) is 25.4 Å². The summed E-state index contributed by atoms with van der Waals surface area (Å²) in [5.41, 5.74) is 0.573. The van der Waals surface area contributed by atoms with Crippen LogP contribution in [0.1, 0.15) is 18.5 Å². The summed E-state index contributed by atoms with van der Waals surface area (Å²) in [6, 6.07) is 5.15. The van der Waals surface area contributed by atoms with Crippen molar-refractivity contribution in [2.45, 2.75) is 13.0 Å². The van der Waals surface area contributed by atoms with E-state index in [0.717, 1.165) is 0 Å². The lowest BCUT2D eigenvalue weighted by atomic mass is 10.1. The normalized spacial score (nSPS) is 11.5. The van der Waals surface area contributed by atoms with Crippen LogP contribution in [0, 0.1) is 5.82 Å². The Kier molecular flexibility index (Phi) is 6.30. The number of halogens is 1. The molecule has 1 aromatic heterocycles. The quantitative estimate of drug-likeness (QED) is 0.675. The molecule has 0 spiro atoms. The van der Waals surface area contributed by atoms with E-state index in [0.29, 0.717) is 30.4 Å². The highest BCUT2D eigenvalue weighted by Gasteiger charge is 2.14. The number of rotatable bonds is 7. The average molecular weight is 333 g/mol. The molecular weight excluding hydrogens is 313 g/mol. The van der Waals surface area contributed by atoms with Gasteiger partial charge in [0.05, 0.1) is 13.2 Å². The van der Waals surface area contributed by atoms with Crippen LogP contribution in [0.5, 0.6) is 5.75 Å². The third-order valence-electron chi connectivity index (χ3n) is 3.27. The Morgan fingerprint density at radius 3 is 2.75 bits per heavy atom. The SMILES string of the molecule is COc1ccc(F)cc1[C@H](C)NC(=O)NCCNc1ncccn1. The van der Waals surface area contributed by atoms with Crippen molar-refractivity contribution in [1.29, 1.82) is 0 Å². The molecule has 2 aromatic rings. The van der Waals surface area contributed by atoms with Crippen molar-refractivity contribution in [1.82, 2.24) is 20.6 Å². The maximum atomic E-state index is 13.4. The lowest BCUT2D eigenvalue weighted by Gasteiger charge is -2.18. The molecule has 0 unspecified atom stereocenters. The number of hydrogen-bond acceptors (Lipinski definition) is 5. The number of carbonyl (C=O) groups excluding carboxylic acids is 1. The summed E-state index contributed by atoms with van der Waals surface area (Å²) in [6.07, 6.45) is 3.26. The minimum atomic E-state index is -0.402. The van der Waals surface area contributed by atoms with E-state index in [2.05, 4.69) is 25.9 Å². The van der Waals surface area contributed by atoms with Gasteiger partial charge in [-0.25, -0.2) is 19.2 Å². The van der Waals surface area contributed by atoms with E-state index in [-0.39, 0.29) is 11.8 Å². The molecule has 0 fully saturated rings. The smallest absolute Gasteiger partial charge is 0.315 e. The van der Waals surface area contributed by atoms with Gasteiger partial charge < -0.3 is 20.7 Å². The molecule has 0 bridgehead atoms. The molecule has 8 heteroatoms. The first-order valence-electron chi connectivity index (χ1n) is 7.49. The summed E-state index contributed by atoms with van der Waals surface area (Å²) in [5.74, 6) is 0.636. The average Bonchev–Trinajstić information content (AvgIpc) is 2.59. The number of ether oxygens (including phenoxy) is 1. The predicted molar refractivity (Wildman–Crippen MR) is 88.4 cm³/mol. The second-order valence-corrected chi connectivity index (χ2v) is 5.01. The molecule has 2 rings (SSSR count). The van der Waals surface area contributed by atoms with Gasteiger partial charge in [0.2, 0.25) is 5.95 Å². The minimum absolute atomic E-state index is 0.357. The van der Waals surface area contributed by atoms with E-state index in [1.807, 2.05) is 0 Å². The first kappa shape index (κ1) is 17.5. The number of nitrogens with one attached hydrogen (secondary N) is 3. The molecule has 0 aliphatic rings. The molecule has 128 valence electrons. The largest absolute Gasteiger partial charge is 0.496 e. The van der Waals surface area contributed by atoms with Gasteiger partial charge in [0.1, 0.15) is 11.6 Å². The van der Waals surface area contributed by atoms with E-state index in [1.165, 1.54) is 25.3 Å². The van der Waals surface area contributed by atoms with Crippen LogP contribution in [0.3, 0.4) is 0 Å². The van der Waals surface area contributed by atoms with Crippen molar-refractivity contribution in [3.05, 3.63) is 48.0 Å². The van der Waals surface area contributed by atoms with Gasteiger partial charge in [0.15, 0.2) is 0 Å². The predicted octanol–water partition coefficient (Wildman–Crippen LogP) is 2.10. The Bertz CT molecular complexity index is 669. The Hall–Kier alpha value is -2.90. The zero-order chi connectivity index (χ0) is 17.4. The van der Waals surface area contributed by atoms with Crippen LogP contribution in [-0.2, 0) is 0 Å². The van der Waals surface area contributed by atoms with Gasteiger partial charge in [-0.2, -0.15) is 0 Å². The summed E-state index contributed by atoms with van der Waals surface area (Å²) in [5, 5.41) is 8.42. The fourth-order valence-electron chi connectivity index (χ4n) is 2.11. The second-order valence-electron chi connectivity index (χ2n) is 5.01. The summed E-state index contributed by atoms with van der Waals surface area (Å²) in [7, 11) is 1.50. The topological polar surface area (TPSA) is 88.2 Å². The Morgan fingerprint density at radius 1 is 1.29 bits per heavy atom. The van der Waals surface area contributed by atoms with Crippen LogP contribution >= 0.6 is 0 Å². The molecule has 0 aliphatic carbocycles. The van der Waals surface area contributed by atoms with Gasteiger partial charge >= 0.3 is 6.03 Å². The summed E-state index contributed by atoms with van der Waals surface area (Å²) >= 11 is 0. The van der Waals surface area contributed by atoms with E-state index in [9.17, 15) is 9.18 Å². The monoisotopic (exact) mass is 333 g/mol. The standard InChI is InChI=1S/C16H20FN5O2/c1-11(13-10-12(17)4-5-14(13)24-2)22-16(23)21-9-8-20-15-18-6-3-7-19-15/h3-7,10-11H,8-9H2,1-2H3,(H,18,19,20)(H2,21,22,23)/t11-/m0/s1. The number of benzene rings is 1. The highest BCUT2D eigenvalue weighted by molar-refractivity contribution is 5.74. The van der Waals surface area contributed by atoms with Gasteiger partial charge in [0.25, 0.3) is 0 Å². The van der Waals surface area contributed by atoms with Gasteiger partial charge in [0, 0.05) is 31.0 Å². The molecule has 3 N–H and O–H groups in total. The number of urea groups is 1. The van der Waals surface area contributed by atoms with E-state index >= 15 is 0 Å². The molecule has 1 heterocycles. The molecule has 7 nitrogen and oxygen atoms in total. The Balaban J connectivity index is 1.78. The van der Waals surface area contributed by atoms with Crippen LogP contribution in [0.2, 0.25) is 0 Å². The van der Waals surface area contributed by atoms with E-state index in [4.69, 9.17) is 4.74 Å². The molecular formula is C16H20FN5O2. The maximum Gasteiger partial charge on any atom is 0.315 e. The molecule has 1 aromatic carbocycles. The minimum Gasteiger partial charge on any atom is -0.496 e. The summed E-state index contributed by atoms with van der Waals surface area (Å²) < 4.78 is 18.6. The van der Waals surface area contributed by atoms with Crippen LogP contribution in [0.4, 0.5) is 15.1 Å². The zero-order valence-electron chi connectivity index (χ0n) is 13.5. The molecule has 1 atom stereocenters. The molecule has 0 saturated carbocycles. The molecule has 0 radical (unpaired) electrons. The second kappa shape index (κ2) is 8.66. The zero-order valence-corrected chi connectivity index (χ0v) is 13.5. The number of amides is 2. The summed E-state index contributed by atoms with van der Waals surface area (Å²) in [6.45, 7) is 2.62. The highest BCUT2D eigenvalue weighted by atomic mass is 19.1. The van der Waals surface area contributed by atoms with Gasteiger partial charge in [-0.3, -0.25) is 0 Å². The molecule has 0 saturated heterocycles. The van der Waals surface area contributed by atoms with Crippen molar-refractivity contribution in [3.8, 4) is 5.75 Å². The summed E-state index contributed by atoms with van der Waals surface area (Å²) in [4.78, 5) is 19.9.